The zero-order valence-electron chi connectivity index (χ0n) is 20.3. The molecule has 0 aliphatic heterocycles. The molecule has 0 unspecified atom stereocenters. The van der Waals surface area contributed by atoms with E-state index in [0.29, 0.717) is 28.7 Å². The van der Waals surface area contributed by atoms with Crippen molar-refractivity contribution in [1.29, 1.82) is 0 Å². The molecule has 7 nitrogen and oxygen atoms in total. The van der Waals surface area contributed by atoms with Crippen LogP contribution in [0.25, 0.3) is 11.3 Å². The molecule has 2 amide bonds. The number of hydrogen-bond donors (Lipinski definition) is 2. The lowest BCUT2D eigenvalue weighted by molar-refractivity contribution is -0.130. The molecule has 0 saturated heterocycles. The number of nitrogens with one attached hydrogen (secondary N) is 2. The molecule has 0 bridgehead atoms. The highest BCUT2D eigenvalue weighted by molar-refractivity contribution is 6.30. The average Bonchev–Trinajstić information content (AvgIpc) is 3.27. The van der Waals surface area contributed by atoms with E-state index in [9.17, 15) is 9.59 Å². The van der Waals surface area contributed by atoms with E-state index in [1.807, 2.05) is 64.1 Å². The second kappa shape index (κ2) is 12.2. The first-order chi connectivity index (χ1) is 16.7. The van der Waals surface area contributed by atoms with Crippen molar-refractivity contribution in [1.82, 2.24) is 10.7 Å². The minimum atomic E-state index is -0.748. The molecule has 0 saturated carbocycles. The fourth-order valence-corrected chi connectivity index (χ4v) is 3.66. The molecule has 1 heterocycles. The molecule has 1 atom stereocenters. The van der Waals surface area contributed by atoms with E-state index in [1.165, 1.54) is 6.21 Å². The average molecular weight is 496 g/mol. The molecule has 0 fully saturated rings. The van der Waals surface area contributed by atoms with Crippen molar-refractivity contribution in [3.05, 3.63) is 76.5 Å². The zero-order valence-corrected chi connectivity index (χ0v) is 21.1. The van der Waals surface area contributed by atoms with Crippen molar-refractivity contribution in [3.63, 3.8) is 0 Å². The van der Waals surface area contributed by atoms with Gasteiger partial charge in [0.1, 0.15) is 23.3 Å². The third-order valence-electron chi connectivity index (χ3n) is 5.24. The number of rotatable bonds is 10. The van der Waals surface area contributed by atoms with Gasteiger partial charge in [0.05, 0.1) is 6.21 Å². The summed E-state index contributed by atoms with van der Waals surface area (Å²) in [6, 6.07) is 15.9. The smallest absolute Gasteiger partial charge is 0.262 e. The van der Waals surface area contributed by atoms with Crippen molar-refractivity contribution in [2.24, 2.45) is 11.0 Å². The topological polar surface area (TPSA) is 92.9 Å². The molecule has 2 N–H and O–H groups in total. The number of carbonyl (C=O) groups excluding carboxylic acids is 2. The van der Waals surface area contributed by atoms with Gasteiger partial charge in [-0.2, -0.15) is 5.10 Å². The Morgan fingerprint density at radius 3 is 2.40 bits per heavy atom. The highest BCUT2D eigenvalue weighted by Crippen LogP contribution is 2.23. The number of amides is 2. The van der Waals surface area contributed by atoms with E-state index in [2.05, 4.69) is 15.8 Å². The van der Waals surface area contributed by atoms with Gasteiger partial charge in [-0.05, 0) is 73.7 Å². The number of carbonyl (C=O) groups is 2. The molecule has 8 heteroatoms. The molecule has 0 radical (unpaired) electrons. The summed E-state index contributed by atoms with van der Waals surface area (Å²) in [5.74, 6) is 1.19. The van der Waals surface area contributed by atoms with Gasteiger partial charge in [-0.25, -0.2) is 5.43 Å². The van der Waals surface area contributed by atoms with Crippen LogP contribution < -0.4 is 15.5 Å². The third-order valence-corrected chi connectivity index (χ3v) is 5.49. The van der Waals surface area contributed by atoms with Gasteiger partial charge >= 0.3 is 0 Å². The number of hydrogen-bond acceptors (Lipinski definition) is 5. The summed E-state index contributed by atoms with van der Waals surface area (Å²) >= 11 is 5.92. The van der Waals surface area contributed by atoms with E-state index < -0.39 is 11.9 Å². The number of furan rings is 1. The van der Waals surface area contributed by atoms with Crippen LogP contribution >= 0.6 is 11.6 Å². The van der Waals surface area contributed by atoms with Crippen LogP contribution in [0.3, 0.4) is 0 Å². The van der Waals surface area contributed by atoms with Crippen LogP contribution in [0.4, 0.5) is 0 Å². The normalized spacial score (nSPS) is 12.1. The molecule has 3 rings (SSSR count). The summed E-state index contributed by atoms with van der Waals surface area (Å²) in [5, 5.41) is 7.39. The van der Waals surface area contributed by atoms with Crippen molar-refractivity contribution >= 4 is 29.6 Å². The number of benzene rings is 2. The maximum Gasteiger partial charge on any atom is 0.262 e. The minimum Gasteiger partial charge on any atom is -0.483 e. The first-order valence-electron chi connectivity index (χ1n) is 11.4. The molecular weight excluding hydrogens is 466 g/mol. The summed E-state index contributed by atoms with van der Waals surface area (Å²) in [6.45, 7) is 7.61. The van der Waals surface area contributed by atoms with Crippen LogP contribution in [0.5, 0.6) is 5.75 Å². The Kier molecular flexibility index (Phi) is 9.09. The summed E-state index contributed by atoms with van der Waals surface area (Å²) < 4.78 is 11.5. The number of hydrazone groups is 1. The molecular formula is C27H30ClN3O4. The summed E-state index contributed by atoms with van der Waals surface area (Å²) in [7, 11) is 0. The second-order valence-corrected chi connectivity index (χ2v) is 9.14. The lowest BCUT2D eigenvalue weighted by Crippen LogP contribution is -2.47. The zero-order chi connectivity index (χ0) is 25.4. The van der Waals surface area contributed by atoms with Crippen LogP contribution in [-0.4, -0.2) is 30.7 Å². The fraction of sp³-hybridized carbons (Fsp3) is 0.296. The Bertz CT molecular complexity index is 1170. The van der Waals surface area contributed by atoms with Gasteiger partial charge in [-0.15, -0.1) is 0 Å². The third kappa shape index (κ3) is 7.72. The highest BCUT2D eigenvalue weighted by Gasteiger charge is 2.22. The van der Waals surface area contributed by atoms with E-state index in [-0.39, 0.29) is 18.4 Å². The van der Waals surface area contributed by atoms with Crippen molar-refractivity contribution in [2.75, 3.05) is 6.61 Å². The van der Waals surface area contributed by atoms with Gasteiger partial charge < -0.3 is 14.5 Å². The van der Waals surface area contributed by atoms with Gasteiger partial charge in [0, 0.05) is 10.6 Å². The van der Waals surface area contributed by atoms with Crippen LogP contribution in [-0.2, 0) is 9.59 Å². The molecule has 0 aliphatic rings. The molecule has 0 spiro atoms. The maximum atomic E-state index is 12.7. The second-order valence-electron chi connectivity index (χ2n) is 8.70. The van der Waals surface area contributed by atoms with Gasteiger partial charge in [0.15, 0.2) is 6.61 Å². The van der Waals surface area contributed by atoms with Gasteiger partial charge in [0.2, 0.25) is 0 Å². The SMILES string of the molecule is Cc1cccc(C)c1OCC(=O)N[C@@H](CC(C)C)C(=O)N/N=C\c1ccc(-c2ccc(Cl)cc2)o1. The molecule has 1 aromatic heterocycles. The summed E-state index contributed by atoms with van der Waals surface area (Å²) in [6.07, 6.45) is 1.87. The summed E-state index contributed by atoms with van der Waals surface area (Å²) in [5.41, 5.74) is 5.25. The Balaban J connectivity index is 1.56. The van der Waals surface area contributed by atoms with Crippen LogP contribution in [0.15, 0.2) is 64.1 Å². The van der Waals surface area contributed by atoms with Crippen molar-refractivity contribution in [2.45, 2.75) is 40.2 Å². The number of aryl methyl sites for hydroxylation is 2. The van der Waals surface area contributed by atoms with Gasteiger partial charge in [0.25, 0.3) is 11.8 Å². The quantitative estimate of drug-likeness (QED) is 0.296. The molecule has 2 aromatic carbocycles. The maximum absolute atomic E-state index is 12.7. The van der Waals surface area contributed by atoms with E-state index in [1.54, 1.807) is 18.2 Å². The molecule has 3 aromatic rings. The van der Waals surface area contributed by atoms with Crippen molar-refractivity contribution in [3.8, 4) is 17.1 Å². The Labute approximate surface area is 210 Å². The number of halogens is 1. The number of ether oxygens (including phenoxy) is 1. The number of para-hydroxylation sites is 1. The van der Waals surface area contributed by atoms with Crippen molar-refractivity contribution < 1.29 is 18.7 Å². The molecule has 184 valence electrons. The van der Waals surface area contributed by atoms with Crippen LogP contribution in [0.1, 0.15) is 37.2 Å². The van der Waals surface area contributed by atoms with Crippen LogP contribution in [0, 0.1) is 19.8 Å². The summed E-state index contributed by atoms with van der Waals surface area (Å²) in [4.78, 5) is 25.2. The lowest BCUT2D eigenvalue weighted by Gasteiger charge is -2.19. The predicted octanol–water partition coefficient (Wildman–Crippen LogP) is 5.28. The van der Waals surface area contributed by atoms with E-state index in [4.69, 9.17) is 20.8 Å². The monoisotopic (exact) mass is 495 g/mol. The largest absolute Gasteiger partial charge is 0.483 e. The van der Waals surface area contributed by atoms with Gasteiger partial charge in [-0.3, -0.25) is 9.59 Å². The Morgan fingerprint density at radius 1 is 1.06 bits per heavy atom. The first-order valence-corrected chi connectivity index (χ1v) is 11.8. The fourth-order valence-electron chi connectivity index (χ4n) is 3.53. The molecule has 0 aliphatic carbocycles. The minimum absolute atomic E-state index is 0.182. The Hall–Kier alpha value is -3.58. The standard InChI is InChI=1S/C27H30ClN3O4/c1-17(2)14-23(30-25(32)16-34-26-18(3)6-5-7-19(26)4)27(33)31-29-15-22-12-13-24(35-22)20-8-10-21(28)11-9-20/h5-13,15,17,23H,14,16H2,1-4H3,(H,30,32)(H,31,33)/b29-15-/t23-/m0/s1. The van der Waals surface area contributed by atoms with Crippen LogP contribution in [0.2, 0.25) is 5.02 Å². The highest BCUT2D eigenvalue weighted by atomic mass is 35.5. The Morgan fingerprint density at radius 2 is 1.74 bits per heavy atom. The van der Waals surface area contributed by atoms with E-state index >= 15 is 0 Å². The van der Waals surface area contributed by atoms with E-state index in [0.717, 1.165) is 16.7 Å². The predicted molar refractivity (Wildman–Crippen MR) is 138 cm³/mol. The lowest BCUT2D eigenvalue weighted by atomic mass is 10.0. The number of nitrogens with zero attached hydrogens (tertiary/aromatic N) is 1. The first kappa shape index (κ1) is 26.0. The molecule has 35 heavy (non-hydrogen) atoms. The van der Waals surface area contributed by atoms with Gasteiger partial charge in [-0.1, -0.05) is 43.6 Å².